The van der Waals surface area contributed by atoms with Crippen LogP contribution in [0.25, 0.3) is 0 Å². The van der Waals surface area contributed by atoms with Crippen molar-refractivity contribution in [2.45, 2.75) is 82.8 Å². The van der Waals surface area contributed by atoms with Crippen molar-refractivity contribution < 1.29 is 39.8 Å². The molecule has 1 aliphatic rings. The number of aliphatic carboxylic acids is 1. The van der Waals surface area contributed by atoms with Gasteiger partial charge in [0.2, 0.25) is 0 Å². The predicted molar refractivity (Wildman–Crippen MR) is 107 cm³/mol. The Hall–Kier alpha value is -1.55. The van der Waals surface area contributed by atoms with Gasteiger partial charge in [0.25, 0.3) is 0 Å². The molecule has 0 bridgehead atoms. The van der Waals surface area contributed by atoms with Crippen LogP contribution in [0.4, 0.5) is 0 Å². The quantitative estimate of drug-likeness (QED) is 0.252. The lowest BCUT2D eigenvalue weighted by molar-refractivity contribution is -0.319. The summed E-state index contributed by atoms with van der Waals surface area (Å²) in [5.74, 6) is -0.918. The van der Waals surface area contributed by atoms with Crippen LogP contribution in [0.5, 0.6) is 0 Å². The first-order valence-electron chi connectivity index (χ1n) is 9.72. The van der Waals surface area contributed by atoms with Crippen LogP contribution in [0.15, 0.2) is 36.0 Å². The number of allylic oxidation sites excluding steroid dienone is 3. The van der Waals surface area contributed by atoms with Gasteiger partial charge in [-0.2, -0.15) is 0 Å². The highest BCUT2D eigenvalue weighted by Gasteiger charge is 2.45. The number of carboxylic acids is 1. The second-order valence-corrected chi connectivity index (χ2v) is 7.65. The van der Waals surface area contributed by atoms with Gasteiger partial charge in [-0.15, -0.1) is 6.58 Å². The molecule has 0 aliphatic carbocycles. The molecular weight excluding hydrogens is 380 g/mol. The Morgan fingerprint density at radius 2 is 1.79 bits per heavy atom. The molecule has 6 unspecified atom stereocenters. The number of hydrogen-bond donors (Lipinski definition) is 5. The number of hydrogen-bond acceptors (Lipinski definition) is 7. The maximum absolute atomic E-state index is 10.8. The third-order valence-corrected chi connectivity index (χ3v) is 5.13. The zero-order chi connectivity index (χ0) is 22.2. The Morgan fingerprint density at radius 3 is 2.34 bits per heavy atom. The summed E-state index contributed by atoms with van der Waals surface area (Å²) in [6, 6.07) is 0. The van der Waals surface area contributed by atoms with E-state index in [4.69, 9.17) is 14.6 Å². The van der Waals surface area contributed by atoms with Gasteiger partial charge in [-0.05, 0) is 46.5 Å². The number of carbonyl (C=O) groups is 1. The summed E-state index contributed by atoms with van der Waals surface area (Å²) < 4.78 is 11.2. The minimum atomic E-state index is -1.50. The Kier molecular flexibility index (Phi) is 10.2. The number of ether oxygens (including phenoxy) is 2. The van der Waals surface area contributed by atoms with Gasteiger partial charge in [-0.1, -0.05) is 23.8 Å². The molecule has 1 saturated heterocycles. The highest BCUT2D eigenvalue weighted by atomic mass is 16.7. The molecule has 6 atom stereocenters. The van der Waals surface area contributed by atoms with Gasteiger partial charge >= 0.3 is 5.97 Å². The van der Waals surface area contributed by atoms with E-state index in [0.717, 1.165) is 12.0 Å². The van der Waals surface area contributed by atoms with Crippen LogP contribution in [0, 0.1) is 0 Å². The summed E-state index contributed by atoms with van der Waals surface area (Å²) >= 11 is 0. The number of aliphatic hydroxyl groups is 4. The monoisotopic (exact) mass is 414 g/mol. The molecule has 5 N–H and O–H groups in total. The maximum atomic E-state index is 10.8. The number of carboxylic acid groups (broad SMARTS) is 1. The maximum Gasteiger partial charge on any atom is 0.330 e. The van der Waals surface area contributed by atoms with Gasteiger partial charge in [-0.25, -0.2) is 4.79 Å². The van der Waals surface area contributed by atoms with Crippen molar-refractivity contribution >= 4 is 5.97 Å². The van der Waals surface area contributed by atoms with E-state index in [1.54, 1.807) is 26.0 Å². The molecular formula is C21H34O8. The largest absolute Gasteiger partial charge is 0.478 e. The lowest BCUT2D eigenvalue weighted by atomic mass is 9.96. The Bertz CT molecular complexity index is 612. The van der Waals surface area contributed by atoms with E-state index in [2.05, 4.69) is 6.58 Å². The first-order chi connectivity index (χ1) is 13.5. The molecule has 8 nitrogen and oxygen atoms in total. The molecule has 1 fully saturated rings. The molecule has 0 aromatic rings. The summed E-state index contributed by atoms with van der Waals surface area (Å²) in [6.07, 6.45) is 1.20. The van der Waals surface area contributed by atoms with Gasteiger partial charge in [0.1, 0.15) is 24.4 Å². The van der Waals surface area contributed by atoms with Gasteiger partial charge in [0.15, 0.2) is 6.29 Å². The number of aliphatic hydroxyl groups excluding tert-OH is 4. The van der Waals surface area contributed by atoms with E-state index in [1.807, 2.05) is 13.0 Å². The smallest absolute Gasteiger partial charge is 0.330 e. The van der Waals surface area contributed by atoms with Crippen molar-refractivity contribution in [3.8, 4) is 0 Å². The summed E-state index contributed by atoms with van der Waals surface area (Å²) in [5, 5.41) is 48.0. The van der Waals surface area contributed by atoms with Gasteiger partial charge in [-0.3, -0.25) is 0 Å². The molecule has 29 heavy (non-hydrogen) atoms. The molecule has 0 aromatic heterocycles. The molecule has 8 heteroatoms. The van der Waals surface area contributed by atoms with Crippen LogP contribution in [0.2, 0.25) is 0 Å². The molecule has 166 valence electrons. The third-order valence-electron chi connectivity index (χ3n) is 5.13. The van der Waals surface area contributed by atoms with Crippen molar-refractivity contribution in [1.29, 1.82) is 0 Å². The van der Waals surface area contributed by atoms with E-state index < -0.39 is 48.9 Å². The fourth-order valence-corrected chi connectivity index (χ4v) is 2.95. The summed E-state index contributed by atoms with van der Waals surface area (Å²) in [6.45, 7) is 8.55. The fourth-order valence-electron chi connectivity index (χ4n) is 2.95. The standard InChI is InChI=1S/C21H34O8/c1-5-21(4,11-7-9-13(2)8-6-10-14(3)19(26)27)29-20-18(25)17(24)16(23)15(12-22)28-20/h5,9-10,15-18,20,22-25H,1,6-8,11-12H2,2-4H3,(H,26,27). The molecule has 0 radical (unpaired) electrons. The van der Waals surface area contributed by atoms with Crippen molar-refractivity contribution in [2.75, 3.05) is 6.61 Å². The summed E-state index contributed by atoms with van der Waals surface area (Å²) in [5.41, 5.74) is 0.563. The molecule has 1 rings (SSSR count). The van der Waals surface area contributed by atoms with Gasteiger partial charge in [0, 0.05) is 5.57 Å². The first kappa shape index (κ1) is 25.5. The summed E-state index contributed by atoms with van der Waals surface area (Å²) in [7, 11) is 0. The molecule has 1 heterocycles. The first-order valence-corrected chi connectivity index (χ1v) is 9.72. The Labute approximate surface area is 171 Å². The minimum absolute atomic E-state index is 0.324. The molecule has 0 aromatic carbocycles. The zero-order valence-corrected chi connectivity index (χ0v) is 17.3. The predicted octanol–water partition coefficient (Wildman–Crippen LogP) is 1.29. The van der Waals surface area contributed by atoms with Gasteiger partial charge in [0.05, 0.1) is 12.2 Å². The Balaban J connectivity index is 2.63. The van der Waals surface area contributed by atoms with Crippen molar-refractivity contribution in [1.82, 2.24) is 0 Å². The van der Waals surface area contributed by atoms with E-state index in [1.165, 1.54) is 0 Å². The minimum Gasteiger partial charge on any atom is -0.478 e. The summed E-state index contributed by atoms with van der Waals surface area (Å²) in [4.78, 5) is 10.8. The van der Waals surface area contributed by atoms with Crippen LogP contribution >= 0.6 is 0 Å². The third kappa shape index (κ3) is 7.65. The van der Waals surface area contributed by atoms with Crippen LogP contribution < -0.4 is 0 Å². The highest BCUT2D eigenvalue weighted by Crippen LogP contribution is 2.29. The molecule has 0 saturated carbocycles. The van der Waals surface area contributed by atoms with Crippen LogP contribution in [0.1, 0.15) is 46.5 Å². The normalized spacial score (nSPS) is 30.7. The second kappa shape index (κ2) is 11.6. The van der Waals surface area contributed by atoms with Gasteiger partial charge < -0.3 is 35.0 Å². The van der Waals surface area contributed by atoms with Crippen molar-refractivity contribution in [3.05, 3.63) is 36.0 Å². The topological polar surface area (TPSA) is 137 Å². The SMILES string of the molecule is C=CC(C)(CCC=C(C)CCC=C(C)C(=O)O)OC1OC(CO)C(O)C(O)C1O. The van der Waals surface area contributed by atoms with E-state index in [0.29, 0.717) is 24.8 Å². The highest BCUT2D eigenvalue weighted by molar-refractivity contribution is 5.85. The Morgan fingerprint density at radius 1 is 1.14 bits per heavy atom. The fraction of sp³-hybridized carbons (Fsp3) is 0.667. The van der Waals surface area contributed by atoms with E-state index in [9.17, 15) is 25.2 Å². The molecule has 0 amide bonds. The average Bonchev–Trinajstić information content (AvgIpc) is 2.68. The molecule has 0 spiro atoms. The lowest BCUT2D eigenvalue weighted by Crippen LogP contribution is -2.60. The number of rotatable bonds is 11. The lowest BCUT2D eigenvalue weighted by Gasteiger charge is -2.42. The van der Waals surface area contributed by atoms with Crippen LogP contribution in [-0.4, -0.2) is 74.4 Å². The van der Waals surface area contributed by atoms with Crippen molar-refractivity contribution in [3.63, 3.8) is 0 Å². The second-order valence-electron chi connectivity index (χ2n) is 7.65. The van der Waals surface area contributed by atoms with E-state index >= 15 is 0 Å². The average molecular weight is 414 g/mol. The zero-order valence-electron chi connectivity index (χ0n) is 17.3. The van der Waals surface area contributed by atoms with E-state index in [-0.39, 0.29) is 0 Å². The van der Waals surface area contributed by atoms with Crippen molar-refractivity contribution in [2.24, 2.45) is 0 Å². The molecule has 1 aliphatic heterocycles. The van der Waals surface area contributed by atoms with Crippen LogP contribution in [-0.2, 0) is 14.3 Å². The van der Waals surface area contributed by atoms with Crippen LogP contribution in [0.3, 0.4) is 0 Å².